The molecule has 0 aromatic heterocycles. The quantitative estimate of drug-likeness (QED) is 0.822. The van der Waals surface area contributed by atoms with Crippen molar-refractivity contribution in [2.24, 2.45) is 0 Å². The standard InChI is InChI=1S/C9H8Br2F2O/c1-5-2-3-6(4-7(5)12)8(14)9(10,11)13/h2-4,8,14H,1H3. The van der Waals surface area contributed by atoms with Crippen LogP contribution in [0.3, 0.4) is 0 Å². The van der Waals surface area contributed by atoms with Gasteiger partial charge >= 0.3 is 0 Å². The molecule has 0 fully saturated rings. The van der Waals surface area contributed by atoms with Crippen LogP contribution >= 0.6 is 31.9 Å². The molecule has 1 unspecified atom stereocenters. The number of halogens is 4. The van der Waals surface area contributed by atoms with Crippen LogP contribution in [0.4, 0.5) is 8.78 Å². The van der Waals surface area contributed by atoms with Crippen LogP contribution in [-0.4, -0.2) is 8.59 Å². The largest absolute Gasteiger partial charge is 0.383 e. The summed E-state index contributed by atoms with van der Waals surface area (Å²) in [6, 6.07) is 4.07. The summed E-state index contributed by atoms with van der Waals surface area (Å²) >= 11 is 5.20. The minimum atomic E-state index is -2.14. The van der Waals surface area contributed by atoms with E-state index >= 15 is 0 Å². The highest BCUT2D eigenvalue weighted by Gasteiger charge is 2.33. The Hall–Kier alpha value is -0.000000000000000167. The van der Waals surface area contributed by atoms with E-state index in [0.717, 1.165) is 6.07 Å². The van der Waals surface area contributed by atoms with Gasteiger partial charge in [0.2, 0.25) is 3.49 Å². The predicted octanol–water partition coefficient (Wildman–Crippen LogP) is 3.58. The third-order valence-electron chi connectivity index (χ3n) is 1.82. The maximum atomic E-state index is 13.2. The van der Waals surface area contributed by atoms with Crippen molar-refractivity contribution >= 4 is 31.9 Å². The summed E-state index contributed by atoms with van der Waals surface area (Å²) in [6.45, 7) is 1.59. The Bertz CT molecular complexity index is 336. The second-order valence-corrected chi connectivity index (χ2v) is 6.33. The van der Waals surface area contributed by atoms with Gasteiger partial charge in [0.05, 0.1) is 0 Å². The van der Waals surface area contributed by atoms with Gasteiger partial charge in [-0.3, -0.25) is 0 Å². The first-order chi connectivity index (χ1) is 6.32. The molecule has 0 spiro atoms. The molecule has 0 heterocycles. The van der Waals surface area contributed by atoms with E-state index in [1.807, 2.05) is 0 Å². The maximum absolute atomic E-state index is 13.2. The number of alkyl halides is 3. The molecule has 1 N–H and O–H groups in total. The van der Waals surface area contributed by atoms with Crippen LogP contribution in [0.2, 0.25) is 0 Å². The smallest absolute Gasteiger partial charge is 0.248 e. The monoisotopic (exact) mass is 328 g/mol. The van der Waals surface area contributed by atoms with E-state index < -0.39 is 15.4 Å². The number of rotatable bonds is 2. The first-order valence-electron chi connectivity index (χ1n) is 3.83. The number of hydrogen-bond donors (Lipinski definition) is 1. The van der Waals surface area contributed by atoms with Crippen molar-refractivity contribution < 1.29 is 13.9 Å². The molecule has 1 aromatic carbocycles. The van der Waals surface area contributed by atoms with Crippen molar-refractivity contribution in [2.75, 3.05) is 0 Å². The van der Waals surface area contributed by atoms with Crippen LogP contribution in [-0.2, 0) is 0 Å². The molecule has 1 nitrogen and oxygen atoms in total. The van der Waals surface area contributed by atoms with E-state index in [9.17, 15) is 13.9 Å². The number of hydrogen-bond acceptors (Lipinski definition) is 1. The number of aryl methyl sites for hydroxylation is 1. The average molecular weight is 330 g/mol. The Morgan fingerprint density at radius 2 is 2.00 bits per heavy atom. The van der Waals surface area contributed by atoms with E-state index in [0.29, 0.717) is 5.56 Å². The Kier molecular flexibility index (Phi) is 3.66. The lowest BCUT2D eigenvalue weighted by molar-refractivity contribution is 0.114. The summed E-state index contributed by atoms with van der Waals surface area (Å²) in [5, 5.41) is 9.44. The van der Waals surface area contributed by atoms with Gasteiger partial charge in [0.1, 0.15) is 11.9 Å². The molecule has 0 aliphatic heterocycles. The van der Waals surface area contributed by atoms with Crippen molar-refractivity contribution in [3.63, 3.8) is 0 Å². The van der Waals surface area contributed by atoms with E-state index in [1.165, 1.54) is 12.1 Å². The molecule has 14 heavy (non-hydrogen) atoms. The van der Waals surface area contributed by atoms with E-state index in [1.54, 1.807) is 6.92 Å². The zero-order chi connectivity index (χ0) is 10.9. The topological polar surface area (TPSA) is 20.2 Å². The van der Waals surface area contributed by atoms with Gasteiger partial charge in [0, 0.05) is 0 Å². The normalized spacial score (nSPS) is 14.1. The number of aliphatic hydroxyl groups excluding tert-OH is 1. The SMILES string of the molecule is Cc1ccc(C(O)C(F)(Br)Br)cc1F. The summed E-state index contributed by atoms with van der Waals surface area (Å²) in [5.41, 5.74) is 0.624. The molecule has 78 valence electrons. The second kappa shape index (κ2) is 4.24. The van der Waals surface area contributed by atoms with Crippen molar-refractivity contribution in [3.05, 3.63) is 35.1 Å². The van der Waals surface area contributed by atoms with Crippen molar-refractivity contribution in [2.45, 2.75) is 16.5 Å². The maximum Gasteiger partial charge on any atom is 0.248 e. The number of benzene rings is 1. The highest BCUT2D eigenvalue weighted by atomic mass is 79.9. The molecule has 1 atom stereocenters. The Labute approximate surface area is 97.4 Å². The lowest BCUT2D eigenvalue weighted by atomic mass is 10.1. The predicted molar refractivity (Wildman–Crippen MR) is 57.8 cm³/mol. The molecular formula is C9H8Br2F2O. The summed E-state index contributed by atoms with van der Waals surface area (Å²) in [6.07, 6.45) is -1.46. The molecule has 0 saturated carbocycles. The highest BCUT2D eigenvalue weighted by molar-refractivity contribution is 9.25. The molecule has 0 radical (unpaired) electrons. The Morgan fingerprint density at radius 3 is 2.43 bits per heavy atom. The average Bonchev–Trinajstić information content (AvgIpc) is 2.07. The highest BCUT2D eigenvalue weighted by Crippen LogP contribution is 2.40. The van der Waals surface area contributed by atoms with E-state index in [4.69, 9.17) is 0 Å². The second-order valence-electron chi connectivity index (χ2n) is 2.95. The van der Waals surface area contributed by atoms with Gasteiger partial charge in [-0.05, 0) is 56.0 Å². The summed E-state index contributed by atoms with van der Waals surface area (Å²) in [5.74, 6) is -0.467. The zero-order valence-corrected chi connectivity index (χ0v) is 10.4. The van der Waals surface area contributed by atoms with Crippen LogP contribution in [0.1, 0.15) is 17.2 Å². The summed E-state index contributed by atoms with van der Waals surface area (Å²) in [7, 11) is 0. The number of aliphatic hydroxyl groups is 1. The first-order valence-corrected chi connectivity index (χ1v) is 5.42. The molecule has 0 saturated heterocycles. The van der Waals surface area contributed by atoms with Crippen LogP contribution in [0.5, 0.6) is 0 Å². The summed E-state index contributed by atoms with van der Waals surface area (Å²) in [4.78, 5) is 0. The fourth-order valence-corrected chi connectivity index (χ4v) is 1.50. The Morgan fingerprint density at radius 1 is 1.43 bits per heavy atom. The molecule has 0 aliphatic rings. The Balaban J connectivity index is 3.03. The van der Waals surface area contributed by atoms with Crippen LogP contribution in [0, 0.1) is 12.7 Å². The fourth-order valence-electron chi connectivity index (χ4n) is 0.968. The van der Waals surface area contributed by atoms with Crippen molar-refractivity contribution in [1.82, 2.24) is 0 Å². The molecule has 0 aliphatic carbocycles. The van der Waals surface area contributed by atoms with Gasteiger partial charge in [0.25, 0.3) is 0 Å². The van der Waals surface area contributed by atoms with E-state index in [2.05, 4.69) is 31.9 Å². The minimum Gasteiger partial charge on any atom is -0.383 e. The van der Waals surface area contributed by atoms with Gasteiger partial charge in [-0.25, -0.2) is 8.78 Å². The fraction of sp³-hybridized carbons (Fsp3) is 0.333. The third-order valence-corrected chi connectivity index (χ3v) is 2.69. The first kappa shape index (κ1) is 12.1. The minimum absolute atomic E-state index is 0.171. The molecular weight excluding hydrogens is 322 g/mol. The molecule has 1 aromatic rings. The van der Waals surface area contributed by atoms with Crippen LogP contribution < -0.4 is 0 Å². The molecule has 5 heteroatoms. The van der Waals surface area contributed by atoms with Crippen molar-refractivity contribution in [1.29, 1.82) is 0 Å². The van der Waals surface area contributed by atoms with Gasteiger partial charge in [-0.2, -0.15) is 0 Å². The van der Waals surface area contributed by atoms with Gasteiger partial charge in [-0.15, -0.1) is 0 Å². The molecule has 0 amide bonds. The van der Waals surface area contributed by atoms with Gasteiger partial charge in [-0.1, -0.05) is 12.1 Å². The van der Waals surface area contributed by atoms with E-state index in [-0.39, 0.29) is 5.56 Å². The van der Waals surface area contributed by atoms with Crippen LogP contribution in [0.15, 0.2) is 18.2 Å². The lowest BCUT2D eigenvalue weighted by Gasteiger charge is -2.18. The summed E-state index contributed by atoms with van der Waals surface area (Å²) < 4.78 is 24.1. The third kappa shape index (κ3) is 2.74. The molecule has 0 bridgehead atoms. The molecule has 1 rings (SSSR count). The zero-order valence-electron chi connectivity index (χ0n) is 7.27. The van der Waals surface area contributed by atoms with Gasteiger partial charge < -0.3 is 5.11 Å². The van der Waals surface area contributed by atoms with Crippen molar-refractivity contribution in [3.8, 4) is 0 Å². The lowest BCUT2D eigenvalue weighted by Crippen LogP contribution is -2.16. The van der Waals surface area contributed by atoms with Gasteiger partial charge in [0.15, 0.2) is 0 Å². The van der Waals surface area contributed by atoms with Crippen LogP contribution in [0.25, 0.3) is 0 Å².